The van der Waals surface area contributed by atoms with Crippen molar-refractivity contribution in [2.45, 2.75) is 31.0 Å². The Hall–Kier alpha value is -3.93. The second-order valence-corrected chi connectivity index (χ2v) is 9.61. The van der Waals surface area contributed by atoms with Gasteiger partial charge in [-0.1, -0.05) is 6.07 Å². The van der Waals surface area contributed by atoms with Crippen LogP contribution in [0.25, 0.3) is 16.7 Å². The first kappa shape index (κ1) is 23.2. The summed E-state index contributed by atoms with van der Waals surface area (Å²) in [4.78, 5) is 29.0. The van der Waals surface area contributed by atoms with Crippen molar-refractivity contribution in [1.29, 1.82) is 0 Å². The number of hydrogen-bond donors (Lipinski definition) is 1. The predicted octanol–water partition coefficient (Wildman–Crippen LogP) is 2.83. The maximum absolute atomic E-state index is 12.9. The molecule has 2 aromatic carbocycles. The summed E-state index contributed by atoms with van der Waals surface area (Å²) in [6.07, 6.45) is 2.63. The van der Waals surface area contributed by atoms with Gasteiger partial charge in [0.05, 0.1) is 16.8 Å². The number of amides is 1. The molecule has 12 heteroatoms. The Labute approximate surface area is 192 Å². The van der Waals surface area contributed by atoms with Crippen molar-refractivity contribution in [2.24, 2.45) is 0 Å². The summed E-state index contributed by atoms with van der Waals surface area (Å²) < 4.78 is 50.9. The SMILES string of the molecule is Cc1cc(C)cc(-n2ncc3c(=O)n(CC(=O)Nc4ccc(S(=O)(=O)C(F)F)cc4)cnc32)c1. The van der Waals surface area contributed by atoms with E-state index in [2.05, 4.69) is 15.4 Å². The molecule has 0 fully saturated rings. The average molecular weight is 487 g/mol. The van der Waals surface area contributed by atoms with E-state index in [1.807, 2.05) is 32.0 Å². The van der Waals surface area contributed by atoms with E-state index in [9.17, 15) is 26.8 Å². The maximum Gasteiger partial charge on any atom is 0.341 e. The van der Waals surface area contributed by atoms with Crippen LogP contribution in [0.15, 0.2) is 64.7 Å². The summed E-state index contributed by atoms with van der Waals surface area (Å²) in [5, 5.41) is 6.99. The lowest BCUT2D eigenvalue weighted by atomic mass is 10.1. The molecule has 0 aliphatic carbocycles. The minimum Gasteiger partial charge on any atom is -0.325 e. The van der Waals surface area contributed by atoms with E-state index in [0.29, 0.717) is 5.65 Å². The van der Waals surface area contributed by atoms with Gasteiger partial charge in [-0.2, -0.15) is 13.9 Å². The van der Waals surface area contributed by atoms with Crippen molar-refractivity contribution in [2.75, 3.05) is 5.32 Å². The number of sulfone groups is 1. The number of aryl methyl sites for hydroxylation is 2. The predicted molar refractivity (Wildman–Crippen MR) is 121 cm³/mol. The molecule has 0 aliphatic heterocycles. The Morgan fingerprint density at radius 3 is 2.35 bits per heavy atom. The van der Waals surface area contributed by atoms with Crippen molar-refractivity contribution in [3.05, 3.63) is 76.5 Å². The Bertz CT molecular complexity index is 1540. The zero-order valence-corrected chi connectivity index (χ0v) is 18.9. The summed E-state index contributed by atoms with van der Waals surface area (Å²) in [6, 6.07) is 10.2. The third-order valence-corrected chi connectivity index (χ3v) is 6.42. The molecule has 176 valence electrons. The number of halogens is 2. The Kier molecular flexibility index (Phi) is 6.00. The van der Waals surface area contributed by atoms with Gasteiger partial charge >= 0.3 is 5.76 Å². The number of alkyl halides is 2. The number of carbonyl (C=O) groups excluding carboxylic acids is 1. The summed E-state index contributed by atoms with van der Waals surface area (Å²) in [5.41, 5.74) is 2.89. The van der Waals surface area contributed by atoms with E-state index in [1.54, 1.807) is 4.68 Å². The quantitative estimate of drug-likeness (QED) is 0.447. The number of hydrogen-bond acceptors (Lipinski definition) is 6. The number of fused-ring (bicyclic) bond motifs is 1. The number of carbonyl (C=O) groups is 1. The lowest BCUT2D eigenvalue weighted by Gasteiger charge is -2.09. The first-order valence-electron chi connectivity index (χ1n) is 10.00. The number of rotatable bonds is 6. The van der Waals surface area contributed by atoms with E-state index < -0.39 is 32.0 Å². The highest BCUT2D eigenvalue weighted by molar-refractivity contribution is 7.91. The fraction of sp³-hybridized carbons (Fsp3) is 0.182. The van der Waals surface area contributed by atoms with Crippen LogP contribution in [0.1, 0.15) is 11.1 Å². The highest BCUT2D eigenvalue weighted by Crippen LogP contribution is 2.20. The van der Waals surface area contributed by atoms with E-state index in [4.69, 9.17) is 0 Å². The second-order valence-electron chi connectivity index (χ2n) is 7.70. The molecule has 0 atom stereocenters. The van der Waals surface area contributed by atoms with Crippen LogP contribution in [0, 0.1) is 13.8 Å². The van der Waals surface area contributed by atoms with E-state index >= 15 is 0 Å². The summed E-state index contributed by atoms with van der Waals surface area (Å²) in [6.45, 7) is 3.53. The second kappa shape index (κ2) is 8.78. The van der Waals surface area contributed by atoms with E-state index in [0.717, 1.165) is 33.5 Å². The van der Waals surface area contributed by atoms with Gasteiger partial charge in [0.2, 0.25) is 15.7 Å². The topological polar surface area (TPSA) is 116 Å². The molecule has 34 heavy (non-hydrogen) atoms. The Balaban J connectivity index is 1.54. The minimum atomic E-state index is -4.73. The molecule has 4 aromatic rings. The van der Waals surface area contributed by atoms with Crippen LogP contribution in [0.2, 0.25) is 0 Å². The molecule has 2 heterocycles. The molecule has 4 rings (SSSR count). The summed E-state index contributed by atoms with van der Waals surface area (Å²) in [5.74, 6) is -4.13. The molecule has 0 saturated carbocycles. The molecule has 0 spiro atoms. The van der Waals surface area contributed by atoms with Crippen LogP contribution >= 0.6 is 0 Å². The highest BCUT2D eigenvalue weighted by atomic mass is 32.2. The monoisotopic (exact) mass is 487 g/mol. The van der Waals surface area contributed by atoms with Gasteiger partial charge in [-0.25, -0.2) is 18.1 Å². The molecule has 0 bridgehead atoms. The Morgan fingerprint density at radius 2 is 1.74 bits per heavy atom. The van der Waals surface area contributed by atoms with Gasteiger partial charge in [0, 0.05) is 5.69 Å². The third-order valence-electron chi connectivity index (χ3n) is 5.02. The van der Waals surface area contributed by atoms with Crippen LogP contribution in [0.5, 0.6) is 0 Å². The van der Waals surface area contributed by atoms with Crippen molar-refractivity contribution >= 4 is 32.5 Å². The average Bonchev–Trinajstić information content (AvgIpc) is 3.20. The molecular weight excluding hydrogens is 468 g/mol. The van der Waals surface area contributed by atoms with Crippen LogP contribution in [-0.4, -0.2) is 39.4 Å². The molecule has 0 aliphatic rings. The number of aromatic nitrogens is 4. The number of nitrogens with one attached hydrogen (secondary N) is 1. The normalized spacial score (nSPS) is 11.8. The number of anilines is 1. The van der Waals surface area contributed by atoms with Crippen molar-refractivity contribution in [1.82, 2.24) is 19.3 Å². The van der Waals surface area contributed by atoms with Crippen molar-refractivity contribution in [3.63, 3.8) is 0 Å². The van der Waals surface area contributed by atoms with E-state index in [1.165, 1.54) is 24.7 Å². The van der Waals surface area contributed by atoms with Gasteiger partial charge in [0.1, 0.15) is 18.3 Å². The van der Waals surface area contributed by atoms with Crippen LogP contribution in [-0.2, 0) is 21.2 Å². The first-order chi connectivity index (χ1) is 16.1. The molecular formula is C22H19F2N5O4S. The van der Waals surface area contributed by atoms with Gasteiger partial charge in [0.15, 0.2) is 5.65 Å². The molecule has 0 saturated heterocycles. The van der Waals surface area contributed by atoms with Crippen molar-refractivity contribution < 1.29 is 22.0 Å². The fourth-order valence-corrected chi connectivity index (χ4v) is 4.23. The third kappa shape index (κ3) is 4.44. The molecule has 9 nitrogen and oxygen atoms in total. The Morgan fingerprint density at radius 1 is 1.09 bits per heavy atom. The van der Waals surface area contributed by atoms with Crippen molar-refractivity contribution in [3.8, 4) is 5.69 Å². The lowest BCUT2D eigenvalue weighted by molar-refractivity contribution is -0.116. The highest BCUT2D eigenvalue weighted by Gasteiger charge is 2.26. The molecule has 1 amide bonds. The van der Waals surface area contributed by atoms with Gasteiger partial charge in [-0.05, 0) is 61.4 Å². The molecule has 0 radical (unpaired) electrons. The van der Waals surface area contributed by atoms with Gasteiger partial charge < -0.3 is 5.32 Å². The molecule has 1 N–H and O–H groups in total. The fourth-order valence-electron chi connectivity index (χ4n) is 3.51. The van der Waals surface area contributed by atoms with Gasteiger partial charge in [-0.15, -0.1) is 0 Å². The number of benzene rings is 2. The number of nitrogens with zero attached hydrogens (tertiary/aromatic N) is 4. The first-order valence-corrected chi connectivity index (χ1v) is 11.5. The summed E-state index contributed by atoms with van der Waals surface area (Å²) in [7, 11) is -4.73. The maximum atomic E-state index is 12.9. The largest absolute Gasteiger partial charge is 0.341 e. The lowest BCUT2D eigenvalue weighted by Crippen LogP contribution is -2.27. The van der Waals surface area contributed by atoms with Crippen LogP contribution < -0.4 is 10.9 Å². The van der Waals surface area contributed by atoms with Gasteiger partial charge in [-0.3, -0.25) is 14.2 Å². The zero-order chi connectivity index (χ0) is 24.6. The smallest absolute Gasteiger partial charge is 0.325 e. The minimum absolute atomic E-state index is 0.183. The van der Waals surface area contributed by atoms with Gasteiger partial charge in [0.25, 0.3) is 5.56 Å². The van der Waals surface area contributed by atoms with E-state index in [-0.39, 0.29) is 17.6 Å². The molecule has 2 aromatic heterocycles. The van der Waals surface area contributed by atoms with Crippen LogP contribution in [0.4, 0.5) is 14.5 Å². The summed E-state index contributed by atoms with van der Waals surface area (Å²) >= 11 is 0. The standard InChI is InChI=1S/C22H19F2N5O4S/c1-13-7-14(2)9-16(8-13)29-20-18(10-26-29)21(31)28(12-25-20)11-19(30)27-15-3-5-17(6-4-15)34(32,33)22(23)24/h3-10,12,22H,11H2,1-2H3,(H,27,30). The molecule has 0 unspecified atom stereocenters. The van der Waals surface area contributed by atoms with Crippen LogP contribution in [0.3, 0.4) is 0 Å². The zero-order valence-electron chi connectivity index (χ0n) is 18.1.